The molecular weight excluding hydrogens is 316 g/mol. The average Bonchev–Trinajstić information content (AvgIpc) is 2.63. The minimum Gasteiger partial charge on any atom is -0.490 e. The fourth-order valence-electron chi connectivity index (χ4n) is 2.29. The highest BCUT2D eigenvalue weighted by atomic mass is 16.5. The molecule has 5 nitrogen and oxygen atoms in total. The van der Waals surface area contributed by atoms with Crippen molar-refractivity contribution >= 4 is 12.0 Å². The van der Waals surface area contributed by atoms with E-state index in [1.165, 1.54) is 6.08 Å². The number of rotatable bonds is 9. The standard InChI is InChI=1S/C20H24N2O3/c1-3-24-18-7-5-17(15-19(18)25-4-2)11-14-22-20(23)8-6-16-9-12-21-13-10-16/h5-10,12-13,15H,3-4,11,14H2,1-2H3,(H,22,23)/b8-6+. The first-order chi connectivity index (χ1) is 12.2. The minimum absolute atomic E-state index is 0.118. The van der Waals surface area contributed by atoms with E-state index >= 15 is 0 Å². The maximum absolute atomic E-state index is 11.9. The van der Waals surface area contributed by atoms with Crippen molar-refractivity contribution in [2.24, 2.45) is 0 Å². The van der Waals surface area contributed by atoms with Gasteiger partial charge in [0.1, 0.15) is 0 Å². The highest BCUT2D eigenvalue weighted by Gasteiger charge is 2.06. The maximum Gasteiger partial charge on any atom is 0.244 e. The summed E-state index contributed by atoms with van der Waals surface area (Å²) in [5, 5.41) is 2.88. The van der Waals surface area contributed by atoms with Crippen molar-refractivity contribution in [3.63, 3.8) is 0 Å². The molecule has 1 heterocycles. The zero-order valence-corrected chi connectivity index (χ0v) is 14.7. The van der Waals surface area contributed by atoms with E-state index < -0.39 is 0 Å². The molecule has 0 bridgehead atoms. The average molecular weight is 340 g/mol. The number of nitrogens with one attached hydrogen (secondary N) is 1. The number of ether oxygens (including phenoxy) is 2. The van der Waals surface area contributed by atoms with Crippen LogP contribution in [0.15, 0.2) is 48.8 Å². The Labute approximate surface area is 148 Å². The zero-order chi connectivity index (χ0) is 17.9. The number of hydrogen-bond donors (Lipinski definition) is 1. The second kappa shape index (κ2) is 10.1. The second-order valence-electron chi connectivity index (χ2n) is 5.30. The van der Waals surface area contributed by atoms with Gasteiger partial charge in [0.2, 0.25) is 5.91 Å². The molecule has 0 atom stereocenters. The van der Waals surface area contributed by atoms with Crippen LogP contribution < -0.4 is 14.8 Å². The van der Waals surface area contributed by atoms with E-state index in [9.17, 15) is 4.79 Å². The Morgan fingerprint density at radius 1 is 1.08 bits per heavy atom. The molecule has 25 heavy (non-hydrogen) atoms. The summed E-state index contributed by atoms with van der Waals surface area (Å²) in [4.78, 5) is 15.8. The lowest BCUT2D eigenvalue weighted by molar-refractivity contribution is -0.116. The highest BCUT2D eigenvalue weighted by Crippen LogP contribution is 2.28. The van der Waals surface area contributed by atoms with Crippen LogP contribution in [-0.4, -0.2) is 30.6 Å². The van der Waals surface area contributed by atoms with Crippen LogP contribution in [0.4, 0.5) is 0 Å². The first-order valence-corrected chi connectivity index (χ1v) is 8.47. The molecule has 0 aliphatic heterocycles. The Bertz CT molecular complexity index is 699. The second-order valence-corrected chi connectivity index (χ2v) is 5.30. The van der Waals surface area contributed by atoms with E-state index in [1.54, 1.807) is 18.5 Å². The van der Waals surface area contributed by atoms with Gasteiger partial charge in [0.25, 0.3) is 0 Å². The van der Waals surface area contributed by atoms with Crippen LogP contribution in [0.5, 0.6) is 11.5 Å². The highest BCUT2D eigenvalue weighted by molar-refractivity contribution is 5.91. The molecule has 0 unspecified atom stereocenters. The Hall–Kier alpha value is -2.82. The quantitative estimate of drug-likeness (QED) is 0.712. The minimum atomic E-state index is -0.118. The number of carbonyl (C=O) groups is 1. The summed E-state index contributed by atoms with van der Waals surface area (Å²) in [5.41, 5.74) is 2.03. The van der Waals surface area contributed by atoms with Gasteiger partial charge >= 0.3 is 0 Å². The summed E-state index contributed by atoms with van der Waals surface area (Å²) in [7, 11) is 0. The molecule has 1 amide bonds. The van der Waals surface area contributed by atoms with Gasteiger partial charge in [-0.1, -0.05) is 6.07 Å². The molecule has 2 aromatic rings. The van der Waals surface area contributed by atoms with Crippen LogP contribution >= 0.6 is 0 Å². The van der Waals surface area contributed by atoms with E-state index in [4.69, 9.17) is 9.47 Å². The Morgan fingerprint density at radius 2 is 1.80 bits per heavy atom. The van der Waals surface area contributed by atoms with Crippen LogP contribution in [0, 0.1) is 0 Å². The van der Waals surface area contributed by atoms with Crippen molar-refractivity contribution in [3.05, 3.63) is 59.9 Å². The third-order valence-electron chi connectivity index (χ3n) is 3.45. The van der Waals surface area contributed by atoms with Crippen LogP contribution in [0.3, 0.4) is 0 Å². The third-order valence-corrected chi connectivity index (χ3v) is 3.45. The Kier molecular flexibility index (Phi) is 7.50. The molecule has 0 radical (unpaired) electrons. The third kappa shape index (κ3) is 6.30. The number of amides is 1. The summed E-state index contributed by atoms with van der Waals surface area (Å²) in [5.74, 6) is 1.37. The van der Waals surface area contributed by atoms with Gasteiger partial charge in [-0.15, -0.1) is 0 Å². The van der Waals surface area contributed by atoms with E-state index in [0.717, 1.165) is 29.0 Å². The lowest BCUT2D eigenvalue weighted by Crippen LogP contribution is -2.23. The predicted octanol–water partition coefficient (Wildman–Crippen LogP) is 3.25. The van der Waals surface area contributed by atoms with Crippen LogP contribution in [0.1, 0.15) is 25.0 Å². The number of benzene rings is 1. The molecule has 5 heteroatoms. The van der Waals surface area contributed by atoms with E-state index in [0.29, 0.717) is 19.8 Å². The monoisotopic (exact) mass is 340 g/mol. The topological polar surface area (TPSA) is 60.5 Å². The molecule has 0 aliphatic rings. The maximum atomic E-state index is 11.9. The Morgan fingerprint density at radius 3 is 2.52 bits per heavy atom. The largest absolute Gasteiger partial charge is 0.490 e. The first kappa shape index (κ1) is 18.5. The number of carbonyl (C=O) groups excluding carboxylic acids is 1. The van der Waals surface area contributed by atoms with Gasteiger partial charge in [-0.3, -0.25) is 9.78 Å². The molecule has 0 saturated heterocycles. The van der Waals surface area contributed by atoms with Crippen LogP contribution in [0.2, 0.25) is 0 Å². The van der Waals surface area contributed by atoms with Crippen molar-refractivity contribution in [2.45, 2.75) is 20.3 Å². The van der Waals surface area contributed by atoms with Crippen LogP contribution in [-0.2, 0) is 11.2 Å². The van der Waals surface area contributed by atoms with E-state index in [2.05, 4.69) is 10.3 Å². The number of aromatic nitrogens is 1. The van der Waals surface area contributed by atoms with Crippen molar-refractivity contribution in [3.8, 4) is 11.5 Å². The van der Waals surface area contributed by atoms with Crippen molar-refractivity contribution < 1.29 is 14.3 Å². The van der Waals surface area contributed by atoms with Gasteiger partial charge in [-0.25, -0.2) is 0 Å². The summed E-state index contributed by atoms with van der Waals surface area (Å²) in [6.07, 6.45) is 7.40. The molecule has 0 spiro atoms. The molecule has 1 aromatic carbocycles. The Balaban J connectivity index is 1.85. The lowest BCUT2D eigenvalue weighted by atomic mass is 10.1. The predicted molar refractivity (Wildman–Crippen MR) is 98.8 cm³/mol. The molecule has 1 N–H and O–H groups in total. The normalized spacial score (nSPS) is 10.6. The van der Waals surface area contributed by atoms with Crippen LogP contribution in [0.25, 0.3) is 6.08 Å². The summed E-state index contributed by atoms with van der Waals surface area (Å²) < 4.78 is 11.2. The smallest absolute Gasteiger partial charge is 0.244 e. The molecule has 0 aliphatic carbocycles. The first-order valence-electron chi connectivity index (χ1n) is 8.47. The molecule has 1 aromatic heterocycles. The molecule has 0 saturated carbocycles. The number of pyridine rings is 1. The van der Waals surface area contributed by atoms with Gasteiger partial charge in [0, 0.05) is 25.0 Å². The molecular formula is C20H24N2O3. The van der Waals surface area contributed by atoms with Gasteiger partial charge in [-0.05, 0) is 61.7 Å². The SMILES string of the molecule is CCOc1ccc(CCNC(=O)/C=C/c2ccncc2)cc1OCC. The van der Waals surface area contributed by atoms with Gasteiger partial charge in [-0.2, -0.15) is 0 Å². The van der Waals surface area contributed by atoms with Crippen molar-refractivity contribution in [1.29, 1.82) is 0 Å². The number of hydrogen-bond acceptors (Lipinski definition) is 4. The fourth-order valence-corrected chi connectivity index (χ4v) is 2.29. The summed E-state index contributed by atoms with van der Waals surface area (Å²) in [6.45, 7) is 5.62. The fraction of sp³-hybridized carbons (Fsp3) is 0.300. The van der Waals surface area contributed by atoms with E-state index in [-0.39, 0.29) is 5.91 Å². The summed E-state index contributed by atoms with van der Waals surface area (Å²) in [6, 6.07) is 9.56. The molecule has 0 fully saturated rings. The van der Waals surface area contributed by atoms with E-state index in [1.807, 2.05) is 44.2 Å². The van der Waals surface area contributed by atoms with Gasteiger partial charge in [0.05, 0.1) is 13.2 Å². The molecule has 132 valence electrons. The lowest BCUT2D eigenvalue weighted by Gasteiger charge is -2.12. The van der Waals surface area contributed by atoms with Gasteiger partial charge in [0.15, 0.2) is 11.5 Å². The van der Waals surface area contributed by atoms with Gasteiger partial charge < -0.3 is 14.8 Å². The van der Waals surface area contributed by atoms with Crippen molar-refractivity contribution in [2.75, 3.05) is 19.8 Å². The molecule has 2 rings (SSSR count). The zero-order valence-electron chi connectivity index (χ0n) is 14.7. The van der Waals surface area contributed by atoms with Crippen molar-refractivity contribution in [1.82, 2.24) is 10.3 Å². The summed E-state index contributed by atoms with van der Waals surface area (Å²) >= 11 is 0. The number of nitrogens with zero attached hydrogens (tertiary/aromatic N) is 1.